The first kappa shape index (κ1) is 15.5. The number of nitrogens with zero attached hydrogens (tertiary/aromatic N) is 1. The van der Waals surface area contributed by atoms with Gasteiger partial charge in [-0.2, -0.15) is 0 Å². The SMILES string of the molecule is OB(O)c1coc2ccc(N(c3ccccc3)c3ccccc3)cc12. The summed E-state index contributed by atoms with van der Waals surface area (Å²) in [7, 11) is -1.57. The number of benzene rings is 3. The van der Waals surface area contributed by atoms with Gasteiger partial charge < -0.3 is 19.4 Å². The molecule has 0 saturated carbocycles. The van der Waals surface area contributed by atoms with Crippen molar-refractivity contribution in [3.63, 3.8) is 0 Å². The molecule has 0 fully saturated rings. The lowest BCUT2D eigenvalue weighted by atomic mass is 9.80. The van der Waals surface area contributed by atoms with E-state index in [9.17, 15) is 10.0 Å². The van der Waals surface area contributed by atoms with Gasteiger partial charge in [-0.25, -0.2) is 0 Å². The molecule has 4 nitrogen and oxygen atoms in total. The molecule has 0 spiro atoms. The first-order valence-electron chi connectivity index (χ1n) is 8.01. The lowest BCUT2D eigenvalue weighted by Gasteiger charge is -2.25. The number of hydrogen-bond acceptors (Lipinski definition) is 4. The fraction of sp³-hybridized carbons (Fsp3) is 0. The van der Waals surface area contributed by atoms with Crippen molar-refractivity contribution in [2.45, 2.75) is 0 Å². The van der Waals surface area contributed by atoms with E-state index in [2.05, 4.69) is 4.90 Å². The Bertz CT molecular complexity index is 944. The highest BCUT2D eigenvalue weighted by Crippen LogP contribution is 2.35. The minimum absolute atomic E-state index is 0.359. The molecule has 0 aliphatic rings. The normalized spacial score (nSPS) is 10.8. The standard InChI is InChI=1S/C20H16BNO3/c23-21(24)19-14-25-20-12-11-17(13-18(19)20)22(15-7-3-1-4-8-15)16-9-5-2-6-10-16/h1-14,23-24H. The third kappa shape index (κ3) is 2.91. The zero-order chi connectivity index (χ0) is 17.2. The highest BCUT2D eigenvalue weighted by atomic mass is 16.4. The van der Waals surface area contributed by atoms with E-state index in [1.54, 1.807) is 0 Å². The molecule has 0 radical (unpaired) electrons. The van der Waals surface area contributed by atoms with E-state index in [1.807, 2.05) is 78.9 Å². The van der Waals surface area contributed by atoms with Crippen molar-refractivity contribution in [1.82, 2.24) is 0 Å². The Morgan fingerprint density at radius 2 is 1.32 bits per heavy atom. The lowest BCUT2D eigenvalue weighted by Crippen LogP contribution is -2.28. The maximum atomic E-state index is 9.56. The number of hydrogen-bond donors (Lipinski definition) is 2. The van der Waals surface area contributed by atoms with Gasteiger partial charge in [0.2, 0.25) is 0 Å². The predicted molar refractivity (Wildman–Crippen MR) is 101 cm³/mol. The Balaban J connectivity index is 1.90. The second-order valence-electron chi connectivity index (χ2n) is 5.75. The summed E-state index contributed by atoms with van der Waals surface area (Å²) in [5.41, 5.74) is 3.92. The lowest BCUT2D eigenvalue weighted by molar-refractivity contribution is 0.425. The maximum Gasteiger partial charge on any atom is 0.492 e. The number of fused-ring (bicyclic) bond motifs is 1. The van der Waals surface area contributed by atoms with Gasteiger partial charge >= 0.3 is 7.12 Å². The number of para-hydroxylation sites is 2. The summed E-state index contributed by atoms with van der Waals surface area (Å²) in [6, 6.07) is 25.8. The molecular formula is C20H16BNO3. The molecule has 4 rings (SSSR count). The highest BCUT2D eigenvalue weighted by molar-refractivity contribution is 6.61. The van der Waals surface area contributed by atoms with Gasteiger partial charge in [-0.05, 0) is 42.5 Å². The summed E-state index contributed by atoms with van der Waals surface area (Å²) in [4.78, 5) is 2.11. The molecule has 0 atom stereocenters. The van der Waals surface area contributed by atoms with E-state index in [0.717, 1.165) is 17.1 Å². The van der Waals surface area contributed by atoms with Crippen LogP contribution in [0.4, 0.5) is 17.1 Å². The predicted octanol–water partition coefficient (Wildman–Crippen LogP) is 3.58. The maximum absolute atomic E-state index is 9.56. The molecule has 0 amide bonds. The fourth-order valence-electron chi connectivity index (χ4n) is 2.98. The Labute approximate surface area is 145 Å². The van der Waals surface area contributed by atoms with Crippen LogP contribution in [0, 0.1) is 0 Å². The molecule has 3 aromatic carbocycles. The van der Waals surface area contributed by atoms with Gasteiger partial charge in [0, 0.05) is 27.9 Å². The van der Waals surface area contributed by atoms with Crippen LogP contribution < -0.4 is 10.4 Å². The molecule has 0 bridgehead atoms. The smallest absolute Gasteiger partial charge is 0.465 e. The van der Waals surface area contributed by atoms with Gasteiger partial charge in [0.1, 0.15) is 5.58 Å². The first-order chi connectivity index (χ1) is 12.2. The monoisotopic (exact) mass is 329 g/mol. The summed E-state index contributed by atoms with van der Waals surface area (Å²) < 4.78 is 5.42. The third-order valence-electron chi connectivity index (χ3n) is 4.15. The fourth-order valence-corrected chi connectivity index (χ4v) is 2.98. The number of rotatable bonds is 4. The Morgan fingerprint density at radius 3 is 1.88 bits per heavy atom. The Kier molecular flexibility index (Phi) is 4.02. The zero-order valence-corrected chi connectivity index (χ0v) is 13.4. The molecular weight excluding hydrogens is 313 g/mol. The van der Waals surface area contributed by atoms with Crippen molar-refractivity contribution in [3.05, 3.63) is 85.1 Å². The van der Waals surface area contributed by atoms with Crippen LogP contribution in [0.1, 0.15) is 0 Å². The van der Waals surface area contributed by atoms with Gasteiger partial charge in [-0.3, -0.25) is 0 Å². The molecule has 5 heteroatoms. The topological polar surface area (TPSA) is 56.8 Å². The highest BCUT2D eigenvalue weighted by Gasteiger charge is 2.20. The van der Waals surface area contributed by atoms with Crippen LogP contribution in [0.15, 0.2) is 89.5 Å². The van der Waals surface area contributed by atoms with Crippen molar-refractivity contribution < 1.29 is 14.5 Å². The van der Waals surface area contributed by atoms with E-state index in [4.69, 9.17) is 4.42 Å². The van der Waals surface area contributed by atoms with Crippen LogP contribution in [0.2, 0.25) is 0 Å². The van der Waals surface area contributed by atoms with E-state index in [-0.39, 0.29) is 0 Å². The average Bonchev–Trinajstić information content (AvgIpc) is 3.07. The van der Waals surface area contributed by atoms with E-state index < -0.39 is 7.12 Å². The summed E-state index contributed by atoms with van der Waals surface area (Å²) in [6.45, 7) is 0. The molecule has 0 aliphatic heterocycles. The van der Waals surface area contributed by atoms with Crippen LogP contribution in [-0.4, -0.2) is 17.2 Å². The quantitative estimate of drug-likeness (QED) is 0.562. The van der Waals surface area contributed by atoms with Crippen molar-refractivity contribution >= 4 is 40.6 Å². The summed E-state index contributed by atoms with van der Waals surface area (Å²) >= 11 is 0. The minimum atomic E-state index is -1.57. The van der Waals surface area contributed by atoms with Crippen LogP contribution >= 0.6 is 0 Å². The number of anilines is 3. The van der Waals surface area contributed by atoms with Gasteiger partial charge in [0.05, 0.1) is 6.26 Å². The van der Waals surface area contributed by atoms with E-state index in [0.29, 0.717) is 16.4 Å². The van der Waals surface area contributed by atoms with E-state index in [1.165, 1.54) is 6.26 Å². The molecule has 0 aliphatic carbocycles. The molecule has 0 saturated heterocycles. The Morgan fingerprint density at radius 1 is 0.720 bits per heavy atom. The molecule has 25 heavy (non-hydrogen) atoms. The van der Waals surface area contributed by atoms with Crippen LogP contribution in [0.25, 0.3) is 11.0 Å². The third-order valence-corrected chi connectivity index (χ3v) is 4.15. The van der Waals surface area contributed by atoms with Crippen molar-refractivity contribution in [2.75, 3.05) is 4.90 Å². The molecule has 1 aromatic heterocycles. The molecule has 0 unspecified atom stereocenters. The Hall–Kier alpha value is -3.02. The largest absolute Gasteiger partial charge is 0.492 e. The second-order valence-corrected chi connectivity index (χ2v) is 5.75. The molecule has 4 aromatic rings. The van der Waals surface area contributed by atoms with Crippen LogP contribution in [0.5, 0.6) is 0 Å². The average molecular weight is 329 g/mol. The van der Waals surface area contributed by atoms with Gasteiger partial charge in [-0.15, -0.1) is 0 Å². The first-order valence-corrected chi connectivity index (χ1v) is 8.01. The number of furan rings is 1. The van der Waals surface area contributed by atoms with E-state index >= 15 is 0 Å². The molecule has 122 valence electrons. The van der Waals surface area contributed by atoms with Crippen molar-refractivity contribution in [3.8, 4) is 0 Å². The zero-order valence-electron chi connectivity index (χ0n) is 13.4. The molecule has 2 N–H and O–H groups in total. The minimum Gasteiger partial charge on any atom is -0.465 e. The van der Waals surface area contributed by atoms with Crippen LogP contribution in [-0.2, 0) is 0 Å². The van der Waals surface area contributed by atoms with Crippen molar-refractivity contribution in [1.29, 1.82) is 0 Å². The van der Waals surface area contributed by atoms with Gasteiger partial charge in [0.15, 0.2) is 0 Å². The van der Waals surface area contributed by atoms with Gasteiger partial charge in [-0.1, -0.05) is 36.4 Å². The summed E-state index contributed by atoms with van der Waals surface area (Å²) in [5, 5.41) is 19.8. The summed E-state index contributed by atoms with van der Waals surface area (Å²) in [5.74, 6) is 0. The van der Waals surface area contributed by atoms with Crippen molar-refractivity contribution in [2.24, 2.45) is 0 Å². The summed E-state index contributed by atoms with van der Waals surface area (Å²) in [6.07, 6.45) is 1.38. The second kappa shape index (κ2) is 6.47. The van der Waals surface area contributed by atoms with Gasteiger partial charge in [0.25, 0.3) is 0 Å². The molecule has 1 heterocycles. The van der Waals surface area contributed by atoms with Crippen LogP contribution in [0.3, 0.4) is 0 Å².